The molecule has 2 saturated heterocycles. The zero-order valence-corrected chi connectivity index (χ0v) is 23.7. The number of piperidine rings is 1. The van der Waals surface area contributed by atoms with Crippen LogP contribution in [0.3, 0.4) is 0 Å². The van der Waals surface area contributed by atoms with Crippen LogP contribution in [-0.2, 0) is 0 Å². The predicted molar refractivity (Wildman–Crippen MR) is 158 cm³/mol. The molecular weight excluding hydrogens is 488 g/mol. The van der Waals surface area contributed by atoms with E-state index < -0.39 is 0 Å². The third-order valence-electron chi connectivity index (χ3n) is 8.01. The van der Waals surface area contributed by atoms with Crippen LogP contribution in [-0.4, -0.2) is 103 Å². The van der Waals surface area contributed by atoms with Crippen LogP contribution < -0.4 is 11.1 Å². The molecule has 208 valence electrons. The maximum atomic E-state index is 13.0. The summed E-state index contributed by atoms with van der Waals surface area (Å²) in [6.45, 7) is 11.8. The van der Waals surface area contributed by atoms with Crippen molar-refractivity contribution >= 4 is 28.9 Å². The molecule has 3 aliphatic heterocycles. The molecule has 0 spiro atoms. The minimum Gasteiger partial charge on any atom is -0.369 e. The Labute approximate surface area is 232 Å². The van der Waals surface area contributed by atoms with Crippen molar-refractivity contribution in [1.82, 2.24) is 24.6 Å². The lowest BCUT2D eigenvalue weighted by atomic mass is 9.85. The monoisotopic (exact) mass is 530 g/mol. The number of aromatic nitrogens is 1. The van der Waals surface area contributed by atoms with E-state index >= 15 is 0 Å². The molecule has 2 aromatic rings. The first-order valence-electron chi connectivity index (χ1n) is 13.9. The Balaban J connectivity index is 1.18. The average Bonchev–Trinajstić information content (AvgIpc) is 3.36. The summed E-state index contributed by atoms with van der Waals surface area (Å²) in [6.07, 6.45) is 6.02. The van der Waals surface area contributed by atoms with Crippen LogP contribution in [0, 0.1) is 5.41 Å². The van der Waals surface area contributed by atoms with Crippen LogP contribution in [0.2, 0.25) is 0 Å². The Morgan fingerprint density at radius 3 is 2.56 bits per heavy atom. The van der Waals surface area contributed by atoms with E-state index in [2.05, 4.69) is 63.0 Å². The van der Waals surface area contributed by atoms with E-state index in [-0.39, 0.29) is 17.9 Å². The summed E-state index contributed by atoms with van der Waals surface area (Å²) in [5.41, 5.74) is 10.4. The summed E-state index contributed by atoms with van der Waals surface area (Å²) in [7, 11) is 4.03. The number of aliphatic imine (C=N–C) groups is 1. The third-order valence-corrected chi connectivity index (χ3v) is 8.01. The molecule has 1 amide bonds. The fraction of sp³-hybridized carbons (Fsp3) is 0.500. The summed E-state index contributed by atoms with van der Waals surface area (Å²) in [5, 5.41) is 3.15. The quantitative estimate of drug-likeness (QED) is 0.419. The number of pyridine rings is 1. The Morgan fingerprint density at radius 1 is 1.15 bits per heavy atom. The van der Waals surface area contributed by atoms with Crippen LogP contribution in [0.15, 0.2) is 53.7 Å². The van der Waals surface area contributed by atoms with Crippen molar-refractivity contribution in [2.45, 2.75) is 32.7 Å². The molecule has 0 saturated carbocycles. The van der Waals surface area contributed by atoms with Crippen molar-refractivity contribution in [2.24, 2.45) is 16.1 Å². The number of guanidine groups is 1. The maximum absolute atomic E-state index is 13.0. The van der Waals surface area contributed by atoms with Crippen molar-refractivity contribution in [1.29, 1.82) is 0 Å². The van der Waals surface area contributed by atoms with Crippen molar-refractivity contribution in [3.05, 3.63) is 59.8 Å². The maximum Gasteiger partial charge on any atom is 0.253 e. The normalized spacial score (nSPS) is 20.9. The van der Waals surface area contributed by atoms with E-state index in [9.17, 15) is 4.79 Å². The highest BCUT2D eigenvalue weighted by molar-refractivity contribution is 5.97. The van der Waals surface area contributed by atoms with Crippen LogP contribution >= 0.6 is 0 Å². The fourth-order valence-electron chi connectivity index (χ4n) is 5.93. The van der Waals surface area contributed by atoms with E-state index in [0.717, 1.165) is 70.0 Å². The second-order valence-electron chi connectivity index (χ2n) is 12.1. The number of nitrogens with two attached hydrogens (primary N) is 1. The molecule has 0 unspecified atom stereocenters. The molecule has 9 nitrogen and oxygen atoms in total. The summed E-state index contributed by atoms with van der Waals surface area (Å²) >= 11 is 0. The van der Waals surface area contributed by atoms with Crippen LogP contribution in [0.4, 0.5) is 11.5 Å². The molecular formula is C30H42N8O. The molecule has 0 radical (unpaired) electrons. The number of benzene rings is 1. The van der Waals surface area contributed by atoms with Gasteiger partial charge in [-0.15, -0.1) is 0 Å². The van der Waals surface area contributed by atoms with E-state index in [1.54, 1.807) is 6.20 Å². The number of hydrogen-bond donors (Lipinski definition) is 2. The van der Waals surface area contributed by atoms with Gasteiger partial charge in [0.25, 0.3) is 5.91 Å². The smallest absolute Gasteiger partial charge is 0.253 e. The van der Waals surface area contributed by atoms with Gasteiger partial charge in [-0.2, -0.15) is 4.99 Å². The standard InChI is InChI=1S/C30H42N8O/c1-30(2)19-38(20-30)21-37-17-11-23(18-37)26-6-5-14-32-27(26)34-29(31)33-24-9-7-22(8-10-24)28(39)36(4)25-12-15-35(3)16-13-25/h5-11,14,25H,12-13,15-21H2,1-4H3,(H3,31,32,33,34). The largest absolute Gasteiger partial charge is 0.369 e. The molecule has 0 atom stereocenters. The minimum atomic E-state index is 0.0487. The summed E-state index contributed by atoms with van der Waals surface area (Å²) in [6, 6.07) is 11.7. The number of amides is 1. The highest BCUT2D eigenvalue weighted by Crippen LogP contribution is 2.31. The average molecular weight is 531 g/mol. The van der Waals surface area contributed by atoms with Gasteiger partial charge in [-0.05, 0) is 80.4 Å². The lowest BCUT2D eigenvalue weighted by Gasteiger charge is -2.47. The first-order chi connectivity index (χ1) is 18.7. The van der Waals surface area contributed by atoms with Gasteiger partial charge in [-0.3, -0.25) is 14.6 Å². The van der Waals surface area contributed by atoms with Gasteiger partial charge in [0.1, 0.15) is 0 Å². The number of carbonyl (C=O) groups is 1. The number of hydrogen-bond acceptors (Lipinski definition) is 6. The van der Waals surface area contributed by atoms with E-state index in [1.165, 1.54) is 5.57 Å². The molecule has 39 heavy (non-hydrogen) atoms. The van der Waals surface area contributed by atoms with Gasteiger partial charge in [0.2, 0.25) is 0 Å². The Hall–Kier alpha value is -3.27. The summed E-state index contributed by atoms with van der Waals surface area (Å²) in [5.74, 6) is 0.913. The molecule has 0 bridgehead atoms. The fourth-order valence-corrected chi connectivity index (χ4v) is 5.93. The zero-order chi connectivity index (χ0) is 27.6. The summed E-state index contributed by atoms with van der Waals surface area (Å²) in [4.78, 5) is 31.3. The van der Waals surface area contributed by atoms with Gasteiger partial charge in [0, 0.05) is 62.3 Å². The number of nitrogens with zero attached hydrogens (tertiary/aromatic N) is 6. The topological polar surface area (TPSA) is 93.3 Å². The van der Waals surface area contributed by atoms with Crippen LogP contribution in [0.5, 0.6) is 0 Å². The Morgan fingerprint density at radius 2 is 1.87 bits per heavy atom. The second-order valence-corrected chi connectivity index (χ2v) is 12.1. The van der Waals surface area contributed by atoms with E-state index in [4.69, 9.17) is 5.73 Å². The minimum absolute atomic E-state index is 0.0487. The van der Waals surface area contributed by atoms with Gasteiger partial charge in [0.15, 0.2) is 11.8 Å². The number of nitrogens with one attached hydrogen (secondary N) is 1. The molecule has 4 heterocycles. The second kappa shape index (κ2) is 11.5. The Kier molecular flexibility index (Phi) is 8.02. The van der Waals surface area contributed by atoms with Crippen LogP contribution in [0.25, 0.3) is 5.57 Å². The van der Waals surface area contributed by atoms with E-state index in [0.29, 0.717) is 16.8 Å². The molecule has 3 N–H and O–H groups in total. The first kappa shape index (κ1) is 27.3. The Bertz CT molecular complexity index is 1220. The van der Waals surface area contributed by atoms with Crippen molar-refractivity contribution in [3.63, 3.8) is 0 Å². The van der Waals surface area contributed by atoms with Gasteiger partial charge in [0.05, 0.1) is 6.67 Å². The zero-order valence-electron chi connectivity index (χ0n) is 23.7. The van der Waals surface area contributed by atoms with Crippen molar-refractivity contribution in [2.75, 3.05) is 65.3 Å². The SMILES string of the molecule is CN1CCC(N(C)C(=O)c2ccc(N/C(N)=N/c3ncccc3C3=CCN(CN4CC(C)(C)C4)C3)cc2)CC1. The van der Waals surface area contributed by atoms with E-state index in [1.807, 2.05) is 42.3 Å². The number of rotatable bonds is 7. The van der Waals surface area contributed by atoms with Gasteiger partial charge in [-0.1, -0.05) is 19.9 Å². The van der Waals surface area contributed by atoms with Crippen molar-refractivity contribution < 1.29 is 4.79 Å². The molecule has 1 aromatic carbocycles. The molecule has 1 aromatic heterocycles. The molecule has 9 heteroatoms. The molecule has 5 rings (SSSR count). The third kappa shape index (κ3) is 6.66. The van der Waals surface area contributed by atoms with Gasteiger partial charge < -0.3 is 20.9 Å². The highest BCUT2D eigenvalue weighted by Gasteiger charge is 2.35. The lowest BCUT2D eigenvalue weighted by molar-refractivity contribution is -0.00607. The van der Waals surface area contributed by atoms with Crippen molar-refractivity contribution in [3.8, 4) is 0 Å². The van der Waals surface area contributed by atoms with Gasteiger partial charge >= 0.3 is 0 Å². The van der Waals surface area contributed by atoms with Gasteiger partial charge in [-0.25, -0.2) is 4.98 Å². The molecule has 0 aliphatic carbocycles. The number of carbonyl (C=O) groups excluding carboxylic acids is 1. The number of anilines is 1. The summed E-state index contributed by atoms with van der Waals surface area (Å²) < 4.78 is 0. The van der Waals surface area contributed by atoms with Crippen LogP contribution in [0.1, 0.15) is 42.6 Å². The highest BCUT2D eigenvalue weighted by atomic mass is 16.2. The number of likely N-dealkylation sites (tertiary alicyclic amines) is 2. The molecule has 3 aliphatic rings. The molecule has 2 fully saturated rings. The first-order valence-corrected chi connectivity index (χ1v) is 13.9. The predicted octanol–water partition coefficient (Wildman–Crippen LogP) is 3.30. The lowest BCUT2D eigenvalue weighted by Crippen LogP contribution is -2.56.